The molecule has 24 heavy (non-hydrogen) atoms. The molecule has 3 rings (SSSR count). The topological polar surface area (TPSA) is 37.3 Å². The van der Waals surface area contributed by atoms with Crippen LogP contribution in [-0.2, 0) is 11.9 Å². The van der Waals surface area contributed by atoms with Gasteiger partial charge in [0.05, 0.1) is 26.6 Å². The van der Waals surface area contributed by atoms with Crippen LogP contribution in [0.25, 0.3) is 0 Å². The third-order valence-corrected chi connectivity index (χ3v) is 7.37. The fourth-order valence-electron chi connectivity index (χ4n) is 1.25. The first kappa shape index (κ1) is 22.1. The highest BCUT2D eigenvalue weighted by molar-refractivity contribution is 9.08. The number of alkyl halides is 1. The van der Waals surface area contributed by atoms with Gasteiger partial charge in [0.1, 0.15) is 0 Å². The maximum Gasteiger partial charge on any atom is 0.161 e. The number of aliphatic hydroxyl groups is 1. The second-order valence-corrected chi connectivity index (χ2v) is 8.66. The molecule has 3 aromatic rings. The minimum absolute atomic E-state index is 0.0521. The van der Waals surface area contributed by atoms with Crippen molar-refractivity contribution in [3.63, 3.8) is 0 Å². The predicted octanol–water partition coefficient (Wildman–Crippen LogP) is 7.40. The van der Waals surface area contributed by atoms with E-state index in [0.717, 1.165) is 21.5 Å². The van der Waals surface area contributed by atoms with E-state index in [1.165, 1.54) is 27.6 Å². The average molecular weight is 507 g/mol. The van der Waals surface area contributed by atoms with Crippen LogP contribution in [0, 0.1) is 0 Å². The number of aldehydes is 1. The number of halogens is 4. The fraction of sp³-hybridized carbons (Fsp3) is 0.133. The summed E-state index contributed by atoms with van der Waals surface area (Å²) in [5.74, 6) is 0. The van der Waals surface area contributed by atoms with Crippen LogP contribution in [0.4, 0.5) is 0 Å². The lowest BCUT2D eigenvalue weighted by Gasteiger charge is -1.85. The van der Waals surface area contributed by atoms with E-state index in [0.29, 0.717) is 14.9 Å². The number of aliphatic hydroxyl groups excluding tert-OH is 1. The lowest BCUT2D eigenvalue weighted by Crippen LogP contribution is -1.72. The average Bonchev–Trinajstić information content (AvgIpc) is 3.29. The normalized spacial score (nSPS) is 9.54. The minimum atomic E-state index is 0.0521. The molecule has 1 N–H and O–H groups in total. The Morgan fingerprint density at radius 2 is 1.42 bits per heavy atom. The van der Waals surface area contributed by atoms with E-state index in [2.05, 4.69) is 15.9 Å². The van der Waals surface area contributed by atoms with Crippen molar-refractivity contribution in [3.8, 4) is 0 Å². The Kier molecular flexibility index (Phi) is 11.5. The molecule has 0 saturated heterocycles. The summed E-state index contributed by atoms with van der Waals surface area (Å²) in [6, 6.07) is 5.39. The molecule has 2 nitrogen and oxygen atoms in total. The molecule has 0 unspecified atom stereocenters. The third-order valence-electron chi connectivity index (χ3n) is 2.40. The molecule has 130 valence electrons. The van der Waals surface area contributed by atoms with Crippen molar-refractivity contribution in [3.05, 3.63) is 64.0 Å². The summed E-state index contributed by atoms with van der Waals surface area (Å²) in [4.78, 5) is 12.7. The highest BCUT2D eigenvalue weighted by Gasteiger charge is 1.97. The van der Waals surface area contributed by atoms with Crippen molar-refractivity contribution in [2.45, 2.75) is 11.9 Å². The molecule has 0 atom stereocenters. The molecule has 9 heteroatoms. The van der Waals surface area contributed by atoms with Gasteiger partial charge in [0.25, 0.3) is 0 Å². The predicted molar refractivity (Wildman–Crippen MR) is 112 cm³/mol. The van der Waals surface area contributed by atoms with Gasteiger partial charge in [0.2, 0.25) is 0 Å². The Morgan fingerprint density at radius 1 is 0.917 bits per heavy atom. The summed E-state index contributed by atoms with van der Waals surface area (Å²) in [6.07, 6.45) is 0.757. The SMILES string of the molecule is Clc1ccsc1CBr.O=Cc1sccc1Cl.OCc1sccc1Cl. The van der Waals surface area contributed by atoms with Gasteiger partial charge in [-0.25, -0.2) is 0 Å². The van der Waals surface area contributed by atoms with E-state index in [9.17, 15) is 4.79 Å². The quantitative estimate of drug-likeness (QED) is 0.297. The molecular weight excluding hydrogens is 495 g/mol. The van der Waals surface area contributed by atoms with Crippen LogP contribution in [0.2, 0.25) is 15.1 Å². The molecule has 0 aliphatic rings. The molecule has 0 spiro atoms. The van der Waals surface area contributed by atoms with Crippen LogP contribution in [0.15, 0.2) is 34.3 Å². The van der Waals surface area contributed by atoms with Crippen LogP contribution in [-0.4, -0.2) is 11.4 Å². The molecule has 3 aromatic heterocycles. The monoisotopic (exact) mass is 504 g/mol. The summed E-state index contributed by atoms with van der Waals surface area (Å²) in [7, 11) is 0. The van der Waals surface area contributed by atoms with E-state index >= 15 is 0 Å². The molecule has 0 aliphatic heterocycles. The van der Waals surface area contributed by atoms with Crippen LogP contribution in [0.1, 0.15) is 19.4 Å². The van der Waals surface area contributed by atoms with Crippen molar-refractivity contribution >= 4 is 91.0 Å². The Bertz CT molecular complexity index is 699. The summed E-state index contributed by atoms with van der Waals surface area (Å²) in [5, 5.41) is 17.1. The summed E-state index contributed by atoms with van der Waals surface area (Å²) in [5.41, 5.74) is 0. The molecule has 0 saturated carbocycles. The minimum Gasteiger partial charge on any atom is -0.391 e. The van der Waals surface area contributed by atoms with Gasteiger partial charge in [-0.05, 0) is 34.3 Å². The van der Waals surface area contributed by atoms with E-state index < -0.39 is 0 Å². The molecule has 0 aliphatic carbocycles. The maximum absolute atomic E-state index is 10.0. The van der Waals surface area contributed by atoms with Crippen LogP contribution < -0.4 is 0 Å². The first-order chi connectivity index (χ1) is 11.5. The zero-order valence-corrected chi connectivity index (χ0v) is 18.4. The second kappa shape index (κ2) is 12.4. The molecule has 0 radical (unpaired) electrons. The Hall–Kier alpha value is 0.0800. The molecule has 0 aromatic carbocycles. The molecule has 3 heterocycles. The van der Waals surface area contributed by atoms with Gasteiger partial charge < -0.3 is 5.11 Å². The van der Waals surface area contributed by atoms with E-state index in [-0.39, 0.29) is 6.61 Å². The fourth-order valence-corrected chi connectivity index (χ4v) is 4.92. The summed E-state index contributed by atoms with van der Waals surface area (Å²) in [6.45, 7) is 0.0521. The van der Waals surface area contributed by atoms with Crippen LogP contribution in [0.3, 0.4) is 0 Å². The number of rotatable bonds is 3. The smallest absolute Gasteiger partial charge is 0.161 e. The Balaban J connectivity index is 0.000000180. The van der Waals surface area contributed by atoms with E-state index in [1.54, 1.807) is 28.8 Å². The zero-order valence-electron chi connectivity index (χ0n) is 12.0. The highest BCUT2D eigenvalue weighted by atomic mass is 79.9. The largest absolute Gasteiger partial charge is 0.391 e. The molecule has 0 amide bonds. The van der Waals surface area contributed by atoms with Gasteiger partial charge in [0.15, 0.2) is 6.29 Å². The van der Waals surface area contributed by atoms with Gasteiger partial charge in [-0.2, -0.15) is 0 Å². The number of hydrogen-bond donors (Lipinski definition) is 1. The zero-order chi connectivity index (χ0) is 17.9. The Morgan fingerprint density at radius 3 is 1.62 bits per heavy atom. The third kappa shape index (κ3) is 7.54. The van der Waals surface area contributed by atoms with Crippen LogP contribution in [0.5, 0.6) is 0 Å². The number of hydrogen-bond acceptors (Lipinski definition) is 5. The first-order valence-electron chi connectivity index (χ1n) is 6.32. The molecule has 0 fully saturated rings. The molecular formula is C15H12BrCl3O2S3. The standard InChI is InChI=1S/C5H4BrClS.C5H5ClOS.C5H3ClOS/c6-3-5-4(7)1-2-8-5;2*6-4-1-2-8-5(4)3-7/h1-2H,3H2;1-2,7H,3H2;1-3H. The van der Waals surface area contributed by atoms with E-state index in [1.807, 2.05) is 16.8 Å². The second-order valence-electron chi connectivity index (χ2n) is 3.93. The van der Waals surface area contributed by atoms with Gasteiger partial charge in [-0.1, -0.05) is 50.7 Å². The summed E-state index contributed by atoms with van der Waals surface area (Å²) < 4.78 is 0. The lowest BCUT2D eigenvalue weighted by molar-refractivity contribution is 0.112. The van der Waals surface area contributed by atoms with Crippen molar-refractivity contribution in [1.82, 2.24) is 0 Å². The van der Waals surface area contributed by atoms with Gasteiger partial charge in [-0.3, -0.25) is 4.79 Å². The van der Waals surface area contributed by atoms with Crippen LogP contribution >= 0.6 is 84.7 Å². The van der Waals surface area contributed by atoms with Gasteiger partial charge >= 0.3 is 0 Å². The summed E-state index contributed by atoms with van der Waals surface area (Å²) >= 11 is 24.6. The van der Waals surface area contributed by atoms with Crippen molar-refractivity contribution in [2.75, 3.05) is 0 Å². The van der Waals surface area contributed by atoms with Crippen molar-refractivity contribution < 1.29 is 9.90 Å². The Labute approximate surface area is 175 Å². The maximum atomic E-state index is 10.0. The van der Waals surface area contributed by atoms with Crippen molar-refractivity contribution in [1.29, 1.82) is 0 Å². The first-order valence-corrected chi connectivity index (χ1v) is 11.2. The lowest BCUT2D eigenvalue weighted by atomic mass is 10.5. The number of thiophene rings is 3. The molecule has 0 bridgehead atoms. The number of carbonyl (C=O) groups is 1. The van der Waals surface area contributed by atoms with Crippen molar-refractivity contribution in [2.24, 2.45) is 0 Å². The van der Waals surface area contributed by atoms with Gasteiger partial charge in [-0.15, -0.1) is 34.0 Å². The van der Waals surface area contributed by atoms with Gasteiger partial charge in [0, 0.05) is 15.1 Å². The number of carbonyl (C=O) groups excluding carboxylic acids is 1. The highest BCUT2D eigenvalue weighted by Crippen LogP contribution is 2.23. The van der Waals surface area contributed by atoms with E-state index in [4.69, 9.17) is 39.9 Å².